The zero-order valence-electron chi connectivity index (χ0n) is 18.4. The largest absolute Gasteiger partial charge is 0.497 e. The van der Waals surface area contributed by atoms with Gasteiger partial charge in [-0.25, -0.2) is 9.97 Å². The van der Waals surface area contributed by atoms with Crippen LogP contribution in [0.15, 0.2) is 47.2 Å². The van der Waals surface area contributed by atoms with Crippen LogP contribution in [0.1, 0.15) is 10.5 Å². The van der Waals surface area contributed by atoms with E-state index in [0.717, 1.165) is 11.1 Å². The van der Waals surface area contributed by atoms with Crippen LogP contribution in [-0.2, 0) is 0 Å². The van der Waals surface area contributed by atoms with E-state index in [1.54, 1.807) is 46.0 Å². The number of aromatic nitrogens is 2. The van der Waals surface area contributed by atoms with Crippen molar-refractivity contribution in [2.45, 2.75) is 0 Å². The minimum atomic E-state index is -0.333. The first-order valence-electron chi connectivity index (χ1n) is 9.73. The van der Waals surface area contributed by atoms with Crippen LogP contribution in [0.2, 0.25) is 0 Å². The number of ether oxygens (including phenoxy) is 4. The smallest absolute Gasteiger partial charge is 0.276 e. The van der Waals surface area contributed by atoms with E-state index in [4.69, 9.17) is 18.9 Å². The molecule has 0 radical (unpaired) electrons. The van der Waals surface area contributed by atoms with Crippen molar-refractivity contribution >= 4 is 33.7 Å². The number of carbonyl (C=O) groups is 1. The van der Waals surface area contributed by atoms with Gasteiger partial charge in [0.05, 0.1) is 34.1 Å². The lowest BCUT2D eigenvalue weighted by Crippen LogP contribution is -2.12. The van der Waals surface area contributed by atoms with Gasteiger partial charge in [-0.05, 0) is 30.3 Å². The molecule has 0 aliphatic carbocycles. The Bertz CT molecular complexity index is 1280. The molecule has 2 aromatic heterocycles. The Hall–Kier alpha value is -3.63. The van der Waals surface area contributed by atoms with Crippen LogP contribution in [0.3, 0.4) is 0 Å². The Morgan fingerprint density at radius 1 is 0.818 bits per heavy atom. The highest BCUT2D eigenvalue weighted by Gasteiger charge is 2.17. The second-order valence-corrected chi connectivity index (χ2v) is 8.38. The van der Waals surface area contributed by atoms with Gasteiger partial charge in [-0.15, -0.1) is 22.7 Å². The molecule has 1 amide bonds. The first-order valence-corrected chi connectivity index (χ1v) is 11.5. The van der Waals surface area contributed by atoms with Crippen molar-refractivity contribution in [1.29, 1.82) is 0 Å². The summed E-state index contributed by atoms with van der Waals surface area (Å²) in [6.07, 6.45) is 0. The van der Waals surface area contributed by atoms with Crippen LogP contribution < -0.4 is 24.3 Å². The van der Waals surface area contributed by atoms with Crippen molar-refractivity contribution in [3.05, 3.63) is 52.9 Å². The Morgan fingerprint density at radius 2 is 1.61 bits per heavy atom. The second-order valence-electron chi connectivity index (χ2n) is 6.67. The number of rotatable bonds is 8. The fourth-order valence-electron chi connectivity index (χ4n) is 3.11. The molecule has 0 spiro atoms. The van der Waals surface area contributed by atoms with E-state index >= 15 is 0 Å². The molecule has 0 saturated carbocycles. The van der Waals surface area contributed by atoms with Gasteiger partial charge in [0, 0.05) is 28.0 Å². The zero-order valence-corrected chi connectivity index (χ0v) is 20.0. The standard InChI is InChI=1S/C23H21N3O5S2/c1-28-14-6-7-15(19(10-14)30-3)16-11-33-23(25-16)26-21(27)17-12-32-22(24-17)13-5-8-18(29-2)20(9-13)31-4/h5-12H,1-4H3,(H,25,26,27). The van der Waals surface area contributed by atoms with Gasteiger partial charge in [-0.2, -0.15) is 0 Å². The number of hydrogen-bond acceptors (Lipinski definition) is 9. The first kappa shape index (κ1) is 22.6. The molecule has 4 aromatic rings. The van der Waals surface area contributed by atoms with Crippen LogP contribution >= 0.6 is 22.7 Å². The zero-order chi connectivity index (χ0) is 23.4. The average Bonchev–Trinajstić information content (AvgIpc) is 3.53. The number of thiazole rings is 2. The topological polar surface area (TPSA) is 91.8 Å². The third kappa shape index (κ3) is 4.76. The van der Waals surface area contributed by atoms with Crippen molar-refractivity contribution in [2.24, 2.45) is 0 Å². The maximum absolute atomic E-state index is 12.7. The number of nitrogens with zero attached hydrogens (tertiary/aromatic N) is 2. The SMILES string of the molecule is COc1ccc(-c2csc(NC(=O)c3csc(-c4ccc(OC)c(OC)c4)n3)n2)c(OC)c1. The van der Waals surface area contributed by atoms with Gasteiger partial charge < -0.3 is 18.9 Å². The summed E-state index contributed by atoms with van der Waals surface area (Å²) in [6.45, 7) is 0. The number of anilines is 1. The lowest BCUT2D eigenvalue weighted by Gasteiger charge is -2.08. The summed E-state index contributed by atoms with van der Waals surface area (Å²) >= 11 is 2.70. The van der Waals surface area contributed by atoms with E-state index in [2.05, 4.69) is 15.3 Å². The van der Waals surface area contributed by atoms with Crippen LogP contribution in [-0.4, -0.2) is 44.3 Å². The number of methoxy groups -OCH3 is 4. The molecule has 170 valence electrons. The Morgan fingerprint density at radius 3 is 2.33 bits per heavy atom. The number of nitrogens with one attached hydrogen (secondary N) is 1. The summed E-state index contributed by atoms with van der Waals surface area (Å²) in [5, 5.41) is 7.55. The van der Waals surface area contributed by atoms with E-state index in [1.165, 1.54) is 22.7 Å². The fraction of sp³-hybridized carbons (Fsp3) is 0.174. The summed E-state index contributed by atoms with van der Waals surface area (Å²) in [7, 11) is 6.34. The molecular weight excluding hydrogens is 462 g/mol. The lowest BCUT2D eigenvalue weighted by molar-refractivity contribution is 0.102. The minimum Gasteiger partial charge on any atom is -0.497 e. The molecule has 10 heteroatoms. The van der Waals surface area contributed by atoms with Crippen molar-refractivity contribution in [3.63, 3.8) is 0 Å². The van der Waals surface area contributed by atoms with Gasteiger partial charge in [0.1, 0.15) is 22.2 Å². The second kappa shape index (κ2) is 9.88. The molecule has 0 bridgehead atoms. The summed E-state index contributed by atoms with van der Waals surface area (Å²) in [4.78, 5) is 21.7. The van der Waals surface area contributed by atoms with E-state index in [0.29, 0.717) is 44.5 Å². The third-order valence-electron chi connectivity index (χ3n) is 4.78. The fourth-order valence-corrected chi connectivity index (χ4v) is 4.61. The molecule has 0 unspecified atom stereocenters. The number of benzene rings is 2. The summed E-state index contributed by atoms with van der Waals surface area (Å²) in [5.41, 5.74) is 2.64. The predicted octanol–water partition coefficient (Wildman–Crippen LogP) is 5.22. The molecule has 2 heterocycles. The highest BCUT2D eigenvalue weighted by molar-refractivity contribution is 7.14. The molecule has 8 nitrogen and oxygen atoms in total. The average molecular weight is 484 g/mol. The molecule has 1 N–H and O–H groups in total. The minimum absolute atomic E-state index is 0.309. The van der Waals surface area contributed by atoms with Crippen molar-refractivity contribution in [1.82, 2.24) is 9.97 Å². The molecule has 33 heavy (non-hydrogen) atoms. The van der Waals surface area contributed by atoms with Gasteiger partial charge in [0.2, 0.25) is 0 Å². The number of amides is 1. The van der Waals surface area contributed by atoms with Crippen LogP contribution in [0.5, 0.6) is 23.0 Å². The molecule has 0 saturated heterocycles. The molecule has 2 aromatic carbocycles. The first-order chi connectivity index (χ1) is 16.1. The highest BCUT2D eigenvalue weighted by Crippen LogP contribution is 2.36. The quantitative estimate of drug-likeness (QED) is 0.367. The normalized spacial score (nSPS) is 10.5. The molecule has 4 rings (SSSR count). The molecular formula is C23H21N3O5S2. The van der Waals surface area contributed by atoms with E-state index < -0.39 is 0 Å². The molecule has 0 atom stereocenters. The predicted molar refractivity (Wildman–Crippen MR) is 129 cm³/mol. The van der Waals surface area contributed by atoms with Crippen molar-refractivity contribution in [3.8, 4) is 44.8 Å². The van der Waals surface area contributed by atoms with Crippen LogP contribution in [0, 0.1) is 0 Å². The highest BCUT2D eigenvalue weighted by atomic mass is 32.1. The van der Waals surface area contributed by atoms with E-state index in [1.807, 2.05) is 29.6 Å². The van der Waals surface area contributed by atoms with Crippen molar-refractivity contribution < 1.29 is 23.7 Å². The third-order valence-corrected chi connectivity index (χ3v) is 6.43. The Balaban J connectivity index is 1.51. The van der Waals surface area contributed by atoms with E-state index in [9.17, 15) is 4.79 Å². The monoisotopic (exact) mass is 483 g/mol. The summed E-state index contributed by atoms with van der Waals surface area (Å²) in [6, 6.07) is 11.0. The summed E-state index contributed by atoms with van der Waals surface area (Å²) in [5.74, 6) is 2.22. The van der Waals surface area contributed by atoms with Gasteiger partial charge in [0.15, 0.2) is 16.6 Å². The van der Waals surface area contributed by atoms with Gasteiger partial charge in [-0.3, -0.25) is 10.1 Å². The van der Waals surface area contributed by atoms with Crippen LogP contribution in [0.4, 0.5) is 5.13 Å². The molecule has 0 aliphatic heterocycles. The molecule has 0 aliphatic rings. The Labute approximate surface area is 198 Å². The van der Waals surface area contributed by atoms with Gasteiger partial charge in [-0.1, -0.05) is 0 Å². The van der Waals surface area contributed by atoms with Gasteiger partial charge in [0.25, 0.3) is 5.91 Å². The van der Waals surface area contributed by atoms with Crippen LogP contribution in [0.25, 0.3) is 21.8 Å². The number of carbonyl (C=O) groups excluding carboxylic acids is 1. The molecule has 0 fully saturated rings. The lowest BCUT2D eigenvalue weighted by atomic mass is 10.1. The maximum atomic E-state index is 12.7. The van der Waals surface area contributed by atoms with E-state index in [-0.39, 0.29) is 5.91 Å². The summed E-state index contributed by atoms with van der Waals surface area (Å²) < 4.78 is 21.3. The maximum Gasteiger partial charge on any atom is 0.276 e. The Kier molecular flexibility index (Phi) is 6.76. The van der Waals surface area contributed by atoms with Gasteiger partial charge >= 0.3 is 0 Å². The number of hydrogen-bond donors (Lipinski definition) is 1. The van der Waals surface area contributed by atoms with Crippen molar-refractivity contribution in [2.75, 3.05) is 33.8 Å².